The molecular weight excluding hydrogens is 468 g/mol. The zero-order valence-corrected chi connectivity index (χ0v) is 18.0. The maximum atomic E-state index is 10.7. The van der Waals surface area contributed by atoms with Crippen molar-refractivity contribution in [3.63, 3.8) is 0 Å². The van der Waals surface area contributed by atoms with Crippen LogP contribution in [0.2, 0.25) is 0 Å². The van der Waals surface area contributed by atoms with Gasteiger partial charge in [-0.2, -0.15) is 0 Å². The van der Waals surface area contributed by atoms with Gasteiger partial charge in [-0.05, 0) is 0 Å². The first kappa shape index (κ1) is 27.9. The van der Waals surface area contributed by atoms with E-state index < -0.39 is 112 Å². The Balaban J connectivity index is 1.63. The first-order valence-corrected chi connectivity index (χ1v) is 10.7. The van der Waals surface area contributed by atoms with Gasteiger partial charge >= 0.3 is 0 Å². The van der Waals surface area contributed by atoms with E-state index >= 15 is 0 Å². The van der Waals surface area contributed by atoms with Crippen molar-refractivity contribution in [3.05, 3.63) is 0 Å². The average molecular weight is 502 g/mol. The molecule has 16 nitrogen and oxygen atoms in total. The highest BCUT2D eigenvalue weighted by molar-refractivity contribution is 4.96. The summed E-state index contributed by atoms with van der Waals surface area (Å²) >= 11 is 0. The van der Waals surface area contributed by atoms with E-state index in [2.05, 4.69) is 0 Å². The van der Waals surface area contributed by atoms with Crippen LogP contribution in [0.15, 0.2) is 0 Å². The van der Waals surface area contributed by atoms with Gasteiger partial charge in [-0.3, -0.25) is 0 Å². The Morgan fingerprint density at radius 1 is 0.588 bits per heavy atom. The Morgan fingerprint density at radius 2 is 1.18 bits per heavy atom. The molecule has 3 heterocycles. The first-order valence-electron chi connectivity index (χ1n) is 10.7. The summed E-state index contributed by atoms with van der Waals surface area (Å²) in [4.78, 5) is 0. The van der Waals surface area contributed by atoms with Crippen molar-refractivity contribution >= 4 is 0 Å². The van der Waals surface area contributed by atoms with Crippen LogP contribution >= 0.6 is 0 Å². The van der Waals surface area contributed by atoms with Crippen LogP contribution in [0, 0.1) is 0 Å². The number of rotatable bonds is 7. The second-order valence-corrected chi connectivity index (χ2v) is 8.55. The average Bonchev–Trinajstić information content (AvgIpc) is 2.83. The summed E-state index contributed by atoms with van der Waals surface area (Å²) in [5.41, 5.74) is 11.5. The van der Waals surface area contributed by atoms with Crippen molar-refractivity contribution in [1.29, 1.82) is 0 Å². The lowest BCUT2D eigenvalue weighted by Crippen LogP contribution is -2.67. The van der Waals surface area contributed by atoms with E-state index in [0.717, 1.165) is 0 Å². The maximum Gasteiger partial charge on any atom is 0.187 e. The van der Waals surface area contributed by atoms with Crippen molar-refractivity contribution in [3.8, 4) is 0 Å². The molecule has 34 heavy (non-hydrogen) atoms. The molecule has 16 heteroatoms. The van der Waals surface area contributed by atoms with Crippen LogP contribution in [0.4, 0.5) is 0 Å². The van der Waals surface area contributed by atoms with Gasteiger partial charge in [-0.15, -0.1) is 0 Å². The van der Waals surface area contributed by atoms with Crippen LogP contribution in [0.5, 0.6) is 0 Å². The Morgan fingerprint density at radius 3 is 1.79 bits per heavy atom. The molecule has 0 aliphatic carbocycles. The van der Waals surface area contributed by atoms with E-state index in [-0.39, 0.29) is 0 Å². The largest absolute Gasteiger partial charge is 0.394 e. The molecule has 0 unspecified atom stereocenters. The number of hydrogen-bond donors (Lipinski definition) is 11. The van der Waals surface area contributed by atoms with Crippen molar-refractivity contribution in [1.82, 2.24) is 0 Å². The molecule has 0 aromatic heterocycles. The Bertz CT molecular complexity index is 646. The molecule has 15 atom stereocenters. The Hall–Kier alpha value is -0.640. The molecule has 200 valence electrons. The second kappa shape index (κ2) is 11.6. The van der Waals surface area contributed by atoms with Gasteiger partial charge in [0.25, 0.3) is 0 Å². The first-order chi connectivity index (χ1) is 16.0. The summed E-state index contributed by atoms with van der Waals surface area (Å²) in [6.07, 6.45) is -19.3. The third kappa shape index (κ3) is 5.52. The van der Waals surface area contributed by atoms with E-state index in [9.17, 15) is 46.0 Å². The van der Waals surface area contributed by atoms with E-state index in [1.807, 2.05) is 0 Å². The molecule has 13 N–H and O–H groups in total. The molecule has 3 aliphatic heterocycles. The van der Waals surface area contributed by atoms with Crippen molar-refractivity contribution in [2.45, 2.75) is 92.0 Å². The third-order valence-electron chi connectivity index (χ3n) is 6.23. The summed E-state index contributed by atoms with van der Waals surface area (Å²) in [6.45, 7) is -1.85. The highest BCUT2D eigenvalue weighted by Crippen LogP contribution is 2.29. The standard InChI is InChI=1S/C18H34N2O14/c19-7-11(25)10(24)6(31-16(7)29)3-30-17-8(20)12(26)15(5(2-22)33-17)34-18-14(28)13(27)9(23)4(1-21)32-18/h4-18,21-29H,1-3,19-20H2/t4-,5-,6-,7-,8-,9-,10-,11-,12-,13+,14-,15-,16-,17-,18+/m1/s1. The molecule has 0 aromatic carbocycles. The normalized spacial score (nSPS) is 52.5. The molecule has 0 radical (unpaired) electrons. The summed E-state index contributed by atoms with van der Waals surface area (Å²) in [7, 11) is 0. The summed E-state index contributed by atoms with van der Waals surface area (Å²) in [6, 6.07) is -2.53. The lowest BCUT2D eigenvalue weighted by atomic mass is 9.96. The number of ether oxygens (including phenoxy) is 5. The van der Waals surface area contributed by atoms with Gasteiger partial charge in [-0.25, -0.2) is 0 Å². The van der Waals surface area contributed by atoms with Crippen LogP contribution in [-0.4, -0.2) is 158 Å². The minimum atomic E-state index is -1.76. The van der Waals surface area contributed by atoms with Gasteiger partial charge in [-0.1, -0.05) is 0 Å². The summed E-state index contributed by atoms with van der Waals surface area (Å²) in [5, 5.41) is 89.4. The van der Waals surface area contributed by atoms with Crippen LogP contribution in [0.1, 0.15) is 0 Å². The molecule has 3 fully saturated rings. The highest BCUT2D eigenvalue weighted by Gasteiger charge is 2.51. The van der Waals surface area contributed by atoms with Crippen LogP contribution in [0.25, 0.3) is 0 Å². The third-order valence-corrected chi connectivity index (χ3v) is 6.23. The maximum absolute atomic E-state index is 10.7. The number of aliphatic hydroxyl groups is 9. The Kier molecular flexibility index (Phi) is 9.54. The topological polar surface area (TPSA) is 280 Å². The van der Waals surface area contributed by atoms with Crippen molar-refractivity contribution in [2.75, 3.05) is 19.8 Å². The van der Waals surface area contributed by atoms with Crippen LogP contribution in [-0.2, 0) is 23.7 Å². The number of nitrogens with two attached hydrogens (primary N) is 2. The van der Waals surface area contributed by atoms with E-state index in [0.29, 0.717) is 0 Å². The zero-order valence-electron chi connectivity index (χ0n) is 18.0. The molecule has 0 saturated carbocycles. The van der Waals surface area contributed by atoms with Crippen molar-refractivity contribution in [2.24, 2.45) is 11.5 Å². The molecule has 0 aromatic rings. The fraction of sp³-hybridized carbons (Fsp3) is 1.00. The lowest BCUT2D eigenvalue weighted by molar-refractivity contribution is -0.349. The minimum Gasteiger partial charge on any atom is -0.394 e. The van der Waals surface area contributed by atoms with Crippen molar-refractivity contribution < 1.29 is 69.6 Å². The van der Waals surface area contributed by atoms with Gasteiger partial charge < -0.3 is 81.1 Å². The smallest absolute Gasteiger partial charge is 0.187 e. The molecule has 0 amide bonds. The summed E-state index contributed by atoms with van der Waals surface area (Å²) < 4.78 is 26.9. The monoisotopic (exact) mass is 502 g/mol. The fourth-order valence-electron chi connectivity index (χ4n) is 4.03. The molecule has 0 spiro atoms. The molecule has 3 rings (SSSR count). The van der Waals surface area contributed by atoms with Gasteiger partial charge in [0.1, 0.15) is 61.0 Å². The predicted octanol–water partition coefficient (Wildman–Crippen LogP) is -7.64. The van der Waals surface area contributed by atoms with E-state index in [4.69, 9.17) is 35.2 Å². The van der Waals surface area contributed by atoms with Crippen LogP contribution < -0.4 is 11.5 Å². The molecule has 3 aliphatic rings. The van der Waals surface area contributed by atoms with E-state index in [1.54, 1.807) is 0 Å². The molecular formula is C18H34N2O14. The number of aliphatic hydroxyl groups excluding tert-OH is 9. The van der Waals surface area contributed by atoms with Crippen LogP contribution in [0.3, 0.4) is 0 Å². The summed E-state index contributed by atoms with van der Waals surface area (Å²) in [5.74, 6) is 0. The van der Waals surface area contributed by atoms with Gasteiger partial charge in [0, 0.05) is 0 Å². The zero-order chi connectivity index (χ0) is 25.3. The lowest BCUT2D eigenvalue weighted by Gasteiger charge is -2.46. The second-order valence-electron chi connectivity index (χ2n) is 8.55. The fourth-order valence-corrected chi connectivity index (χ4v) is 4.03. The van der Waals surface area contributed by atoms with Gasteiger partial charge in [0.05, 0.1) is 31.9 Å². The van der Waals surface area contributed by atoms with Gasteiger partial charge in [0.2, 0.25) is 0 Å². The quantitative estimate of drug-likeness (QED) is 0.154. The minimum absolute atomic E-state index is 0.441. The van der Waals surface area contributed by atoms with E-state index in [1.165, 1.54) is 0 Å². The number of hydrogen-bond acceptors (Lipinski definition) is 16. The Labute approximate surface area is 193 Å². The molecule has 0 bridgehead atoms. The SMILES string of the molecule is N[C@@H]1[C@@H](O)[C@H](O)[C@@H](CO[C@@H]2O[C@H](CO)[C@@H](O[C@@H]3O[C@H](CO)[C@@H](O)[C@H](O)[C@H]3O)[C@H](O)[C@H]2N)O[C@H]1O. The highest BCUT2D eigenvalue weighted by atomic mass is 16.7. The predicted molar refractivity (Wildman–Crippen MR) is 105 cm³/mol. The molecule has 3 saturated heterocycles. The van der Waals surface area contributed by atoms with Gasteiger partial charge in [0.15, 0.2) is 18.9 Å².